The summed E-state index contributed by atoms with van der Waals surface area (Å²) in [4.78, 5) is 6.22. The van der Waals surface area contributed by atoms with E-state index >= 15 is 0 Å². The fraction of sp³-hybridized carbons (Fsp3) is 0.143. The van der Waals surface area contributed by atoms with Crippen LogP contribution in [0, 0.1) is 11.8 Å². The number of anilines is 6. The van der Waals surface area contributed by atoms with Gasteiger partial charge in [-0.3, -0.25) is 0 Å². The quantitative estimate of drug-likeness (QED) is 0.118. The van der Waals surface area contributed by atoms with Crippen molar-refractivity contribution in [3.05, 3.63) is 188 Å². The summed E-state index contributed by atoms with van der Waals surface area (Å²) in [6.07, 6.45) is 7.67. The third-order valence-corrected chi connectivity index (χ3v) is 15.1. The van der Waals surface area contributed by atoms with E-state index in [2.05, 4.69) is 172 Å². The lowest BCUT2D eigenvalue weighted by molar-refractivity contribution is 0.422. The molecule has 0 N–H and O–H groups in total. The van der Waals surface area contributed by atoms with Gasteiger partial charge < -0.3 is 19.1 Å². The average molecular weight is 818 g/mol. The number of benzene rings is 8. The second-order valence-electron chi connectivity index (χ2n) is 17.6. The molecule has 8 aromatic carbocycles. The second kappa shape index (κ2) is 14.2. The molecule has 0 amide bonds. The fourth-order valence-corrected chi connectivity index (χ4v) is 12.3. The predicted molar refractivity (Wildman–Crippen MR) is 261 cm³/mol. The Balaban J connectivity index is 1.06. The Morgan fingerprint density at radius 3 is 2.00 bits per heavy atom. The maximum absolute atomic E-state index is 6.52. The number of para-hydroxylation sites is 3. The van der Waals surface area contributed by atoms with Crippen LogP contribution in [0.4, 0.5) is 34.1 Å². The van der Waals surface area contributed by atoms with Gasteiger partial charge in [0.2, 0.25) is 0 Å². The van der Waals surface area contributed by atoms with Gasteiger partial charge >= 0.3 is 0 Å². The van der Waals surface area contributed by atoms with Crippen LogP contribution in [0.3, 0.4) is 0 Å². The molecular formula is C56H44BN3OS. The van der Waals surface area contributed by atoms with Gasteiger partial charge in [-0.1, -0.05) is 97.4 Å². The van der Waals surface area contributed by atoms with E-state index in [1.54, 1.807) is 17.3 Å². The SMILES string of the molecule is CSc1ccc2c(c1)N(c1ccccc1)c1cccc3c1B2c1ccc(-n2c4ccccc4c4c(C5CC6CCC5C6)cccc42)cc1N3c1cccc(Oc2ccccc2)c1. The molecular weight excluding hydrogens is 774 g/mol. The van der Waals surface area contributed by atoms with Crippen LogP contribution in [0.25, 0.3) is 27.5 Å². The van der Waals surface area contributed by atoms with E-state index in [0.29, 0.717) is 5.92 Å². The van der Waals surface area contributed by atoms with E-state index in [9.17, 15) is 0 Å². The first-order valence-corrected chi connectivity index (χ1v) is 23.4. The number of aromatic nitrogens is 1. The molecule has 2 bridgehead atoms. The molecule has 2 aliphatic heterocycles. The average Bonchev–Trinajstić information content (AvgIpc) is 4.06. The first-order chi connectivity index (χ1) is 30.7. The Bertz CT molecular complexity index is 3220. The molecule has 2 aliphatic carbocycles. The second-order valence-corrected chi connectivity index (χ2v) is 18.5. The summed E-state index contributed by atoms with van der Waals surface area (Å²) in [5.41, 5.74) is 16.2. The van der Waals surface area contributed by atoms with Crippen LogP contribution in [-0.2, 0) is 0 Å². The molecule has 4 aliphatic rings. The van der Waals surface area contributed by atoms with Crippen LogP contribution in [0.2, 0.25) is 0 Å². The minimum Gasteiger partial charge on any atom is -0.457 e. The van der Waals surface area contributed by atoms with Crippen molar-refractivity contribution in [2.24, 2.45) is 11.8 Å². The van der Waals surface area contributed by atoms with Gasteiger partial charge in [-0.25, -0.2) is 0 Å². The van der Waals surface area contributed by atoms with Gasteiger partial charge in [0.25, 0.3) is 6.71 Å². The summed E-state index contributed by atoms with van der Waals surface area (Å²) in [5, 5.41) is 2.78. The Hall–Kier alpha value is -6.63. The highest BCUT2D eigenvalue weighted by molar-refractivity contribution is 7.98. The van der Waals surface area contributed by atoms with Crippen molar-refractivity contribution in [3.8, 4) is 17.2 Å². The summed E-state index contributed by atoms with van der Waals surface area (Å²) in [7, 11) is 0. The third-order valence-electron chi connectivity index (χ3n) is 14.4. The van der Waals surface area contributed by atoms with Crippen molar-refractivity contribution >= 4 is 90.8 Å². The van der Waals surface area contributed by atoms with Gasteiger partial charge in [-0.05, 0) is 150 Å². The Labute approximate surface area is 367 Å². The first-order valence-electron chi connectivity index (χ1n) is 22.2. The zero-order chi connectivity index (χ0) is 40.9. The third kappa shape index (κ3) is 5.49. The summed E-state index contributed by atoms with van der Waals surface area (Å²) < 4.78 is 9.05. The van der Waals surface area contributed by atoms with E-state index in [0.717, 1.165) is 34.7 Å². The zero-order valence-corrected chi connectivity index (χ0v) is 35.4. The number of rotatable bonds is 7. The highest BCUT2D eigenvalue weighted by Crippen LogP contribution is 2.55. The molecule has 3 unspecified atom stereocenters. The molecule has 3 atom stereocenters. The van der Waals surface area contributed by atoms with E-state index in [-0.39, 0.29) is 6.71 Å². The largest absolute Gasteiger partial charge is 0.457 e. The molecule has 2 fully saturated rings. The van der Waals surface area contributed by atoms with Crippen molar-refractivity contribution in [2.45, 2.75) is 36.5 Å². The number of hydrogen-bond donors (Lipinski definition) is 0. The number of hydrogen-bond acceptors (Lipinski definition) is 4. The van der Waals surface area contributed by atoms with Gasteiger partial charge in [-0.2, -0.15) is 0 Å². The van der Waals surface area contributed by atoms with Crippen LogP contribution >= 0.6 is 11.8 Å². The van der Waals surface area contributed by atoms with Crippen LogP contribution < -0.4 is 30.9 Å². The lowest BCUT2D eigenvalue weighted by Crippen LogP contribution is -2.61. The highest BCUT2D eigenvalue weighted by atomic mass is 32.2. The Morgan fingerprint density at radius 2 is 1.21 bits per heavy atom. The maximum atomic E-state index is 6.52. The zero-order valence-electron chi connectivity index (χ0n) is 34.6. The number of thioether (sulfide) groups is 1. The topological polar surface area (TPSA) is 20.6 Å². The molecule has 62 heavy (non-hydrogen) atoms. The summed E-state index contributed by atoms with van der Waals surface area (Å²) in [6.45, 7) is 0.0265. The molecule has 3 heterocycles. The molecule has 298 valence electrons. The minimum atomic E-state index is 0.0265. The fourth-order valence-electron chi connectivity index (χ4n) is 11.9. The van der Waals surface area contributed by atoms with E-state index < -0.39 is 0 Å². The van der Waals surface area contributed by atoms with E-state index in [1.165, 1.54) is 97.2 Å². The lowest BCUT2D eigenvalue weighted by Gasteiger charge is -2.44. The van der Waals surface area contributed by atoms with Crippen molar-refractivity contribution in [1.29, 1.82) is 0 Å². The molecule has 4 nitrogen and oxygen atoms in total. The van der Waals surface area contributed by atoms with Crippen LogP contribution in [0.5, 0.6) is 11.5 Å². The standard InChI is InChI=1S/C56H44BN3OS/c1-62-43-28-30-48-54(35-43)58(38-13-4-2-5-14-38)51-23-12-24-52-56(51)57(48)47-29-27-40(34-53(47)60(52)39-15-10-18-42(33-39)61-41-16-6-3-7-17-41)59-49-21-9-8-19-45(49)55-44(20-11-22-50(55)59)46-32-36-25-26-37(46)31-36/h2-24,27-30,33-37,46H,25-26,31-32H2,1H3. The van der Waals surface area contributed by atoms with Crippen LogP contribution in [0.1, 0.15) is 37.2 Å². The Morgan fingerprint density at radius 1 is 0.532 bits per heavy atom. The first kappa shape index (κ1) is 36.1. The number of nitrogens with zero attached hydrogens (tertiary/aromatic N) is 3. The molecule has 0 saturated heterocycles. The van der Waals surface area contributed by atoms with Crippen LogP contribution in [0.15, 0.2) is 187 Å². The van der Waals surface area contributed by atoms with Crippen molar-refractivity contribution in [3.63, 3.8) is 0 Å². The Kier molecular flexibility index (Phi) is 8.27. The predicted octanol–water partition coefficient (Wildman–Crippen LogP) is 13.3. The summed E-state index contributed by atoms with van der Waals surface area (Å²) in [6, 6.07) is 67.0. The summed E-state index contributed by atoms with van der Waals surface area (Å²) in [5.74, 6) is 3.95. The maximum Gasteiger partial charge on any atom is 0.252 e. The van der Waals surface area contributed by atoms with Crippen molar-refractivity contribution in [1.82, 2.24) is 4.57 Å². The van der Waals surface area contributed by atoms with Crippen molar-refractivity contribution < 1.29 is 4.74 Å². The normalized spacial score (nSPS) is 18.3. The highest BCUT2D eigenvalue weighted by Gasteiger charge is 2.44. The van der Waals surface area contributed by atoms with Gasteiger partial charge in [-0.15, -0.1) is 11.8 Å². The molecule has 1 aromatic heterocycles. The molecule has 2 saturated carbocycles. The molecule has 6 heteroatoms. The number of ether oxygens (including phenoxy) is 1. The van der Waals surface area contributed by atoms with Crippen LogP contribution in [-0.4, -0.2) is 17.5 Å². The molecule has 9 aromatic rings. The van der Waals surface area contributed by atoms with Crippen molar-refractivity contribution in [2.75, 3.05) is 16.1 Å². The summed E-state index contributed by atoms with van der Waals surface area (Å²) >= 11 is 1.80. The van der Waals surface area contributed by atoms with Gasteiger partial charge in [0.15, 0.2) is 0 Å². The molecule has 13 rings (SSSR count). The van der Waals surface area contributed by atoms with Gasteiger partial charge in [0, 0.05) is 61.5 Å². The molecule has 0 spiro atoms. The molecule has 0 radical (unpaired) electrons. The lowest BCUT2D eigenvalue weighted by atomic mass is 9.33. The van der Waals surface area contributed by atoms with Gasteiger partial charge in [0.1, 0.15) is 11.5 Å². The van der Waals surface area contributed by atoms with E-state index in [1.807, 2.05) is 30.3 Å². The minimum absolute atomic E-state index is 0.0265. The monoisotopic (exact) mass is 817 g/mol. The smallest absolute Gasteiger partial charge is 0.252 e. The number of fused-ring (bicyclic) bond motifs is 9. The van der Waals surface area contributed by atoms with Gasteiger partial charge in [0.05, 0.1) is 11.0 Å². The van der Waals surface area contributed by atoms with E-state index in [4.69, 9.17) is 4.74 Å².